The highest BCUT2D eigenvalue weighted by molar-refractivity contribution is 8.13. The number of amidine groups is 1. The maximum Gasteiger partial charge on any atom is 0.189 e. The van der Waals surface area contributed by atoms with Crippen LogP contribution in [0.4, 0.5) is 0 Å². The number of thioether (sulfide) groups is 1. The first-order valence-electron chi connectivity index (χ1n) is 9.15. The third-order valence-electron chi connectivity index (χ3n) is 3.64. The van der Waals surface area contributed by atoms with Gasteiger partial charge in [0.1, 0.15) is 0 Å². The fourth-order valence-electron chi connectivity index (χ4n) is 2.33. The largest absolute Gasteiger partial charge is 0.361 e. The minimum atomic E-state index is 0.152. The summed E-state index contributed by atoms with van der Waals surface area (Å²) in [6.45, 7) is 16.4. The third-order valence-corrected chi connectivity index (χ3v) is 4.70. The molecule has 148 valence electrons. The summed E-state index contributed by atoms with van der Waals surface area (Å²) >= 11 is 6.79. The van der Waals surface area contributed by atoms with Crippen molar-refractivity contribution < 1.29 is 0 Å². The molecule has 0 amide bonds. The van der Waals surface area contributed by atoms with Gasteiger partial charge < -0.3 is 5.32 Å². The zero-order valence-corrected chi connectivity index (χ0v) is 18.9. The van der Waals surface area contributed by atoms with Crippen LogP contribution in [-0.2, 0) is 0 Å². The molecule has 6 nitrogen and oxygen atoms in total. The van der Waals surface area contributed by atoms with Crippen LogP contribution < -0.4 is 5.32 Å². The van der Waals surface area contributed by atoms with E-state index in [2.05, 4.69) is 61.4 Å². The van der Waals surface area contributed by atoms with Crippen LogP contribution in [0.2, 0.25) is 0 Å². The standard InChI is InChI=1S/C10H19N3S.C8H15N3S/c1-5-6-11-9(14-4)13-8-10(2,3)7-12-13;1-4-9-7(12)11-6-8(2,3)5-10-11/h7H,5-6,8H2,1-4H3;5H,4,6H2,1-3H3,(H,9,12). The lowest BCUT2D eigenvalue weighted by Gasteiger charge is -2.19. The molecule has 26 heavy (non-hydrogen) atoms. The van der Waals surface area contributed by atoms with Gasteiger partial charge in [-0.2, -0.15) is 10.2 Å². The molecule has 8 heteroatoms. The van der Waals surface area contributed by atoms with E-state index in [1.54, 1.807) is 11.8 Å². The molecule has 0 bridgehead atoms. The lowest BCUT2D eigenvalue weighted by Crippen LogP contribution is -2.37. The van der Waals surface area contributed by atoms with Crippen molar-refractivity contribution in [2.75, 3.05) is 32.4 Å². The van der Waals surface area contributed by atoms with E-state index in [1.807, 2.05) is 29.4 Å². The lowest BCUT2D eigenvalue weighted by molar-refractivity contribution is 0.382. The Bertz CT molecular complexity index is 554. The zero-order chi connectivity index (χ0) is 19.8. The summed E-state index contributed by atoms with van der Waals surface area (Å²) in [5.74, 6) is 0. The van der Waals surface area contributed by atoms with Crippen molar-refractivity contribution in [1.82, 2.24) is 15.3 Å². The number of thiocarbonyl (C=S) groups is 1. The summed E-state index contributed by atoms with van der Waals surface area (Å²) in [7, 11) is 0. The fraction of sp³-hybridized carbons (Fsp3) is 0.778. The molecule has 0 aromatic carbocycles. The van der Waals surface area contributed by atoms with E-state index < -0.39 is 0 Å². The summed E-state index contributed by atoms with van der Waals surface area (Å²) in [5, 5.41) is 17.2. The van der Waals surface area contributed by atoms with Gasteiger partial charge in [0.25, 0.3) is 0 Å². The van der Waals surface area contributed by atoms with Crippen LogP contribution >= 0.6 is 24.0 Å². The van der Waals surface area contributed by atoms with E-state index in [0.29, 0.717) is 0 Å². The summed E-state index contributed by atoms with van der Waals surface area (Å²) in [5.41, 5.74) is 0.336. The number of nitrogens with one attached hydrogen (secondary N) is 1. The van der Waals surface area contributed by atoms with Crippen molar-refractivity contribution in [1.29, 1.82) is 0 Å². The number of hydrogen-bond donors (Lipinski definition) is 1. The Kier molecular flexibility index (Phi) is 9.03. The van der Waals surface area contributed by atoms with Gasteiger partial charge in [-0.05, 0) is 31.8 Å². The molecule has 0 aromatic rings. The van der Waals surface area contributed by atoms with Gasteiger partial charge in [-0.15, -0.1) is 0 Å². The second kappa shape index (κ2) is 10.3. The molecule has 2 aliphatic heterocycles. The molecule has 2 rings (SSSR count). The Hall–Kier alpha value is -1.15. The predicted octanol–water partition coefficient (Wildman–Crippen LogP) is 3.65. The van der Waals surface area contributed by atoms with Crippen LogP contribution in [0.25, 0.3) is 0 Å². The highest BCUT2D eigenvalue weighted by atomic mass is 32.2. The average Bonchev–Trinajstić information content (AvgIpc) is 3.11. The maximum absolute atomic E-state index is 5.12. The molecule has 0 saturated heterocycles. The van der Waals surface area contributed by atoms with Crippen LogP contribution in [0, 0.1) is 10.8 Å². The summed E-state index contributed by atoms with van der Waals surface area (Å²) in [6, 6.07) is 0. The van der Waals surface area contributed by atoms with E-state index in [9.17, 15) is 0 Å². The summed E-state index contributed by atoms with van der Waals surface area (Å²) in [6.07, 6.45) is 7.08. The molecule has 0 radical (unpaired) electrons. The van der Waals surface area contributed by atoms with E-state index in [-0.39, 0.29) is 10.8 Å². The van der Waals surface area contributed by atoms with Gasteiger partial charge >= 0.3 is 0 Å². The van der Waals surface area contributed by atoms with Crippen LogP contribution in [-0.4, -0.2) is 65.2 Å². The lowest BCUT2D eigenvalue weighted by atomic mass is 9.97. The number of nitrogens with zero attached hydrogens (tertiary/aromatic N) is 5. The van der Waals surface area contributed by atoms with E-state index in [1.165, 1.54) is 0 Å². The quantitative estimate of drug-likeness (QED) is 0.447. The van der Waals surface area contributed by atoms with Crippen LogP contribution in [0.5, 0.6) is 0 Å². The van der Waals surface area contributed by atoms with Gasteiger partial charge in [0.05, 0.1) is 13.1 Å². The molecule has 0 saturated carbocycles. The van der Waals surface area contributed by atoms with E-state index in [0.717, 1.165) is 42.9 Å². The summed E-state index contributed by atoms with van der Waals surface area (Å²) in [4.78, 5) is 4.50. The third kappa shape index (κ3) is 7.61. The van der Waals surface area contributed by atoms with Crippen molar-refractivity contribution in [3.63, 3.8) is 0 Å². The monoisotopic (exact) mass is 398 g/mol. The van der Waals surface area contributed by atoms with Crippen LogP contribution in [0.3, 0.4) is 0 Å². The first kappa shape index (κ1) is 22.9. The van der Waals surface area contributed by atoms with Gasteiger partial charge in [0.2, 0.25) is 0 Å². The Balaban J connectivity index is 0.000000263. The molecule has 0 unspecified atom stereocenters. The molecule has 1 N–H and O–H groups in total. The zero-order valence-electron chi connectivity index (χ0n) is 17.2. The molecule has 0 atom stereocenters. The normalized spacial score (nSPS) is 20.2. The highest BCUT2D eigenvalue weighted by Gasteiger charge is 2.27. The first-order valence-corrected chi connectivity index (χ1v) is 10.8. The van der Waals surface area contributed by atoms with Crippen molar-refractivity contribution in [2.45, 2.75) is 48.0 Å². The van der Waals surface area contributed by atoms with E-state index in [4.69, 9.17) is 12.2 Å². The molecule has 2 aliphatic rings. The highest BCUT2D eigenvalue weighted by Crippen LogP contribution is 2.23. The first-order chi connectivity index (χ1) is 12.1. The Morgan fingerprint density at radius 2 is 1.65 bits per heavy atom. The Morgan fingerprint density at radius 1 is 1.12 bits per heavy atom. The number of hydrogen-bond acceptors (Lipinski definition) is 5. The van der Waals surface area contributed by atoms with Crippen LogP contribution in [0.15, 0.2) is 15.2 Å². The number of aliphatic imine (C=N–C) groups is 1. The number of hydrazone groups is 2. The van der Waals surface area contributed by atoms with Crippen molar-refractivity contribution in [3.05, 3.63) is 0 Å². The van der Waals surface area contributed by atoms with Gasteiger partial charge in [-0.1, -0.05) is 46.4 Å². The topological polar surface area (TPSA) is 55.6 Å². The minimum Gasteiger partial charge on any atom is -0.361 e. The van der Waals surface area contributed by atoms with Gasteiger partial charge in [0, 0.05) is 36.3 Å². The van der Waals surface area contributed by atoms with Crippen molar-refractivity contribution in [2.24, 2.45) is 26.0 Å². The summed E-state index contributed by atoms with van der Waals surface area (Å²) < 4.78 is 0. The SMILES string of the molecule is CCCN=C(SC)N1CC(C)(C)C=N1.CCNC(=S)N1CC(C)(C)C=N1. The fourth-order valence-corrected chi connectivity index (χ4v) is 3.13. The maximum atomic E-state index is 5.12. The van der Waals surface area contributed by atoms with Gasteiger partial charge in [-0.3, -0.25) is 4.99 Å². The number of rotatable bonds is 3. The second-order valence-electron chi connectivity index (χ2n) is 7.79. The molecule has 0 aliphatic carbocycles. The molecule has 2 heterocycles. The Labute approximate surface area is 168 Å². The van der Waals surface area contributed by atoms with E-state index >= 15 is 0 Å². The predicted molar refractivity (Wildman–Crippen MR) is 120 cm³/mol. The van der Waals surface area contributed by atoms with Gasteiger partial charge in [0.15, 0.2) is 10.3 Å². The van der Waals surface area contributed by atoms with Crippen LogP contribution in [0.1, 0.15) is 48.0 Å². The molecule has 0 aromatic heterocycles. The molecule has 0 fully saturated rings. The molecular formula is C18H34N6S2. The average molecular weight is 399 g/mol. The smallest absolute Gasteiger partial charge is 0.189 e. The Morgan fingerprint density at radius 3 is 2.04 bits per heavy atom. The van der Waals surface area contributed by atoms with Crippen molar-refractivity contribution in [3.8, 4) is 0 Å². The molecule has 0 spiro atoms. The second-order valence-corrected chi connectivity index (χ2v) is 8.95. The minimum absolute atomic E-state index is 0.152. The van der Waals surface area contributed by atoms with Crippen molar-refractivity contribution >= 4 is 46.7 Å². The molecular weight excluding hydrogens is 364 g/mol. The van der Waals surface area contributed by atoms with Gasteiger partial charge in [-0.25, -0.2) is 10.0 Å².